The lowest BCUT2D eigenvalue weighted by Crippen LogP contribution is -2.03. The maximum atomic E-state index is 3.47. The van der Waals surface area contributed by atoms with Crippen LogP contribution in [0.25, 0.3) is 12.2 Å². The second kappa shape index (κ2) is 6.95. The van der Waals surface area contributed by atoms with Crippen LogP contribution in [0.3, 0.4) is 0 Å². The van der Waals surface area contributed by atoms with Gasteiger partial charge in [-0.1, -0.05) is 75.4 Å². The first kappa shape index (κ1) is 14.4. The Hall–Kier alpha value is -2.02. The summed E-state index contributed by atoms with van der Waals surface area (Å²) in [6, 6.07) is 16.9. The van der Waals surface area contributed by atoms with Gasteiger partial charge in [0.2, 0.25) is 0 Å². The van der Waals surface area contributed by atoms with Gasteiger partial charge in [-0.2, -0.15) is 0 Å². The topological polar surface area (TPSA) is 12.0 Å². The first-order valence-corrected chi connectivity index (χ1v) is 7.25. The van der Waals surface area contributed by atoms with Crippen LogP contribution < -0.4 is 5.32 Å². The minimum Gasteiger partial charge on any atom is -0.380 e. The number of anilines is 1. The van der Waals surface area contributed by atoms with Crippen molar-refractivity contribution in [2.45, 2.75) is 27.3 Å². The standard InChI is InChI=1S/C15H13N.C4H10/c1-2-7-14-11-16-15-8-4-3-6-13(15)10-9-12(14)5-1;1-4(2)3/h1-10,16H,11H2;4H,1-3H3/b10-9-;. The summed E-state index contributed by atoms with van der Waals surface area (Å²) in [4.78, 5) is 0. The molecule has 2 aromatic carbocycles. The maximum Gasteiger partial charge on any atom is 0.0416 e. The Morgan fingerprint density at radius 2 is 1.35 bits per heavy atom. The lowest BCUT2D eigenvalue weighted by Gasteiger charge is -2.14. The summed E-state index contributed by atoms with van der Waals surface area (Å²) in [5.74, 6) is 0.833. The zero-order chi connectivity index (χ0) is 14.4. The summed E-state index contributed by atoms with van der Waals surface area (Å²) < 4.78 is 0. The van der Waals surface area contributed by atoms with E-state index in [4.69, 9.17) is 0 Å². The van der Waals surface area contributed by atoms with E-state index >= 15 is 0 Å². The Kier molecular flexibility index (Phi) is 5.00. The van der Waals surface area contributed by atoms with Gasteiger partial charge in [-0.3, -0.25) is 0 Å². The SMILES string of the molecule is C1=C\c2ccccc2NCc2ccccc2/1.CC(C)C. The minimum absolute atomic E-state index is 0.833. The van der Waals surface area contributed by atoms with Gasteiger partial charge in [0.1, 0.15) is 0 Å². The van der Waals surface area contributed by atoms with E-state index in [-0.39, 0.29) is 0 Å². The first-order valence-electron chi connectivity index (χ1n) is 7.25. The molecule has 0 atom stereocenters. The lowest BCUT2D eigenvalue weighted by molar-refractivity contribution is 0.737. The molecule has 0 radical (unpaired) electrons. The van der Waals surface area contributed by atoms with Crippen molar-refractivity contribution in [2.24, 2.45) is 5.92 Å². The molecule has 0 saturated heterocycles. The minimum atomic E-state index is 0.833. The van der Waals surface area contributed by atoms with Crippen molar-refractivity contribution in [3.05, 3.63) is 65.2 Å². The molecular weight excluding hydrogens is 242 g/mol. The molecule has 104 valence electrons. The molecule has 1 aliphatic heterocycles. The van der Waals surface area contributed by atoms with Crippen molar-refractivity contribution in [1.29, 1.82) is 0 Å². The normalized spacial score (nSPS) is 13.8. The van der Waals surface area contributed by atoms with E-state index in [0.717, 1.165) is 12.5 Å². The fraction of sp³-hybridized carbons (Fsp3) is 0.263. The van der Waals surface area contributed by atoms with Crippen molar-refractivity contribution in [1.82, 2.24) is 0 Å². The highest BCUT2D eigenvalue weighted by Gasteiger charge is 2.04. The fourth-order valence-electron chi connectivity index (χ4n) is 2.03. The lowest BCUT2D eigenvalue weighted by atomic mass is 10.0. The van der Waals surface area contributed by atoms with Crippen molar-refractivity contribution in [3.8, 4) is 0 Å². The molecule has 1 N–H and O–H groups in total. The van der Waals surface area contributed by atoms with Gasteiger partial charge in [0.05, 0.1) is 0 Å². The zero-order valence-electron chi connectivity index (χ0n) is 12.6. The van der Waals surface area contributed by atoms with E-state index < -0.39 is 0 Å². The molecular formula is C19H23N. The Bertz CT molecular complexity index is 530. The van der Waals surface area contributed by atoms with Crippen molar-refractivity contribution >= 4 is 17.8 Å². The van der Waals surface area contributed by atoms with Crippen LogP contribution in [0.1, 0.15) is 37.5 Å². The number of para-hydroxylation sites is 1. The van der Waals surface area contributed by atoms with Gasteiger partial charge in [0.15, 0.2) is 0 Å². The van der Waals surface area contributed by atoms with Crippen LogP contribution >= 0.6 is 0 Å². The Morgan fingerprint density at radius 1 is 0.800 bits per heavy atom. The Morgan fingerprint density at radius 3 is 2.10 bits per heavy atom. The van der Waals surface area contributed by atoms with E-state index in [1.54, 1.807) is 0 Å². The highest BCUT2D eigenvalue weighted by molar-refractivity contribution is 5.78. The molecule has 1 heteroatoms. The van der Waals surface area contributed by atoms with E-state index in [1.807, 2.05) is 0 Å². The molecule has 0 spiro atoms. The predicted molar refractivity (Wildman–Crippen MR) is 89.7 cm³/mol. The number of benzene rings is 2. The third-order valence-electron chi connectivity index (χ3n) is 2.93. The van der Waals surface area contributed by atoms with Crippen LogP contribution in [-0.4, -0.2) is 0 Å². The smallest absolute Gasteiger partial charge is 0.0416 e. The summed E-state index contributed by atoms with van der Waals surface area (Å²) in [6.07, 6.45) is 4.36. The number of fused-ring (bicyclic) bond motifs is 2. The Balaban J connectivity index is 0.000000328. The summed E-state index contributed by atoms with van der Waals surface area (Å²) >= 11 is 0. The quantitative estimate of drug-likeness (QED) is 0.668. The van der Waals surface area contributed by atoms with Crippen LogP contribution in [0.5, 0.6) is 0 Å². The van der Waals surface area contributed by atoms with Crippen LogP contribution in [-0.2, 0) is 6.54 Å². The molecule has 0 unspecified atom stereocenters. The molecule has 0 aromatic heterocycles. The molecule has 0 fully saturated rings. The molecule has 2 aromatic rings. The number of hydrogen-bond donors (Lipinski definition) is 1. The van der Waals surface area contributed by atoms with Gasteiger partial charge in [-0.15, -0.1) is 0 Å². The average Bonchev–Trinajstić information content (AvgIpc) is 2.41. The Labute approximate surface area is 122 Å². The second-order valence-corrected chi connectivity index (χ2v) is 5.71. The van der Waals surface area contributed by atoms with Gasteiger partial charge in [-0.25, -0.2) is 0 Å². The third-order valence-corrected chi connectivity index (χ3v) is 2.93. The van der Waals surface area contributed by atoms with Crippen molar-refractivity contribution < 1.29 is 0 Å². The zero-order valence-corrected chi connectivity index (χ0v) is 12.6. The van der Waals surface area contributed by atoms with E-state index in [0.29, 0.717) is 0 Å². The molecule has 1 aliphatic rings. The van der Waals surface area contributed by atoms with E-state index in [2.05, 4.69) is 86.8 Å². The monoisotopic (exact) mass is 265 g/mol. The largest absolute Gasteiger partial charge is 0.380 e. The number of nitrogens with one attached hydrogen (secondary N) is 1. The maximum absolute atomic E-state index is 3.47. The first-order chi connectivity index (χ1) is 9.66. The molecule has 0 bridgehead atoms. The van der Waals surface area contributed by atoms with Crippen LogP contribution in [0, 0.1) is 5.92 Å². The highest BCUT2D eigenvalue weighted by Crippen LogP contribution is 2.23. The fourth-order valence-corrected chi connectivity index (χ4v) is 2.03. The van der Waals surface area contributed by atoms with Crippen molar-refractivity contribution in [3.63, 3.8) is 0 Å². The van der Waals surface area contributed by atoms with Gasteiger partial charge >= 0.3 is 0 Å². The molecule has 3 rings (SSSR count). The highest BCUT2D eigenvalue weighted by atomic mass is 14.9. The summed E-state index contributed by atoms with van der Waals surface area (Å²) in [5, 5.41) is 3.47. The molecule has 0 amide bonds. The summed E-state index contributed by atoms with van der Waals surface area (Å²) in [7, 11) is 0. The number of rotatable bonds is 0. The van der Waals surface area contributed by atoms with Crippen LogP contribution in [0.15, 0.2) is 48.5 Å². The van der Waals surface area contributed by atoms with Crippen LogP contribution in [0.4, 0.5) is 5.69 Å². The van der Waals surface area contributed by atoms with Gasteiger partial charge in [-0.05, 0) is 28.7 Å². The van der Waals surface area contributed by atoms with Crippen LogP contribution in [0.2, 0.25) is 0 Å². The molecule has 0 saturated carbocycles. The summed E-state index contributed by atoms with van der Waals surface area (Å²) in [6.45, 7) is 7.39. The molecule has 20 heavy (non-hydrogen) atoms. The molecule has 1 nitrogen and oxygen atoms in total. The molecule has 0 aliphatic carbocycles. The van der Waals surface area contributed by atoms with Gasteiger partial charge in [0, 0.05) is 12.2 Å². The molecule has 1 heterocycles. The predicted octanol–water partition coefficient (Wildman–Crippen LogP) is 5.44. The van der Waals surface area contributed by atoms with Crippen molar-refractivity contribution in [2.75, 3.05) is 5.32 Å². The van der Waals surface area contributed by atoms with Gasteiger partial charge < -0.3 is 5.32 Å². The third kappa shape index (κ3) is 3.99. The average molecular weight is 265 g/mol. The van der Waals surface area contributed by atoms with Gasteiger partial charge in [0.25, 0.3) is 0 Å². The van der Waals surface area contributed by atoms with E-state index in [9.17, 15) is 0 Å². The summed E-state index contributed by atoms with van der Waals surface area (Å²) in [5.41, 5.74) is 5.09. The number of hydrogen-bond acceptors (Lipinski definition) is 1. The van der Waals surface area contributed by atoms with E-state index in [1.165, 1.54) is 22.4 Å². The second-order valence-electron chi connectivity index (χ2n) is 5.71.